The molecule has 0 saturated heterocycles. The Labute approximate surface area is 111 Å². The second kappa shape index (κ2) is 7.13. The monoisotopic (exact) mass is 252 g/mol. The number of rotatable bonds is 5. The molecule has 2 unspecified atom stereocenters. The Morgan fingerprint density at radius 3 is 2.44 bits per heavy atom. The lowest BCUT2D eigenvalue weighted by molar-refractivity contribution is -0.121. The lowest BCUT2D eigenvalue weighted by Gasteiger charge is -2.31. The average Bonchev–Trinajstić information content (AvgIpc) is 2.90. The van der Waals surface area contributed by atoms with Crippen molar-refractivity contribution in [3.05, 3.63) is 0 Å². The van der Waals surface area contributed by atoms with Crippen LogP contribution in [0.15, 0.2) is 0 Å². The Morgan fingerprint density at radius 2 is 1.72 bits per heavy atom. The van der Waals surface area contributed by atoms with Crippen LogP contribution >= 0.6 is 0 Å². The highest BCUT2D eigenvalue weighted by molar-refractivity contribution is 5.78. The van der Waals surface area contributed by atoms with Gasteiger partial charge < -0.3 is 10.6 Å². The predicted molar refractivity (Wildman–Crippen MR) is 74.4 cm³/mol. The summed E-state index contributed by atoms with van der Waals surface area (Å²) in [5.74, 6) is 0.904. The minimum absolute atomic E-state index is 0.201. The Balaban J connectivity index is 1.68. The summed E-state index contributed by atoms with van der Waals surface area (Å²) < 4.78 is 0. The van der Waals surface area contributed by atoms with Crippen molar-refractivity contribution >= 4 is 5.91 Å². The number of carbonyl (C=O) groups excluding carboxylic acids is 1. The maximum atomic E-state index is 12.0. The number of hydrogen-bond acceptors (Lipinski definition) is 2. The van der Waals surface area contributed by atoms with Crippen molar-refractivity contribution in [3.8, 4) is 0 Å². The number of carbonyl (C=O) groups is 1. The van der Waals surface area contributed by atoms with Crippen LogP contribution in [0.5, 0.6) is 0 Å². The zero-order chi connectivity index (χ0) is 12.8. The van der Waals surface area contributed by atoms with Gasteiger partial charge in [0.2, 0.25) is 5.91 Å². The van der Waals surface area contributed by atoms with Crippen LogP contribution in [0.4, 0.5) is 0 Å². The first-order valence-electron chi connectivity index (χ1n) is 7.82. The van der Waals surface area contributed by atoms with E-state index in [1.165, 1.54) is 57.8 Å². The third-order valence-corrected chi connectivity index (χ3v) is 4.69. The molecule has 0 aromatic carbocycles. The van der Waals surface area contributed by atoms with Crippen LogP contribution in [0.3, 0.4) is 0 Å². The zero-order valence-corrected chi connectivity index (χ0v) is 11.7. The molecule has 2 N–H and O–H groups in total. The molecule has 0 radical (unpaired) electrons. The van der Waals surface area contributed by atoms with Crippen molar-refractivity contribution in [1.82, 2.24) is 10.6 Å². The summed E-state index contributed by atoms with van der Waals surface area (Å²) in [6.07, 6.45) is 11.4. The number of amides is 1. The van der Waals surface area contributed by atoms with Gasteiger partial charge in [-0.05, 0) is 31.6 Å². The first kappa shape index (κ1) is 13.9. The molecule has 104 valence electrons. The molecule has 2 aliphatic rings. The van der Waals surface area contributed by atoms with E-state index in [-0.39, 0.29) is 5.91 Å². The van der Waals surface area contributed by atoms with Gasteiger partial charge in [0.1, 0.15) is 0 Å². The molecule has 0 aliphatic heterocycles. The average molecular weight is 252 g/mol. The Morgan fingerprint density at radius 1 is 1.06 bits per heavy atom. The summed E-state index contributed by atoms with van der Waals surface area (Å²) in [5.41, 5.74) is 0. The lowest BCUT2D eigenvalue weighted by atomic mass is 9.83. The molecule has 2 atom stereocenters. The molecule has 0 heterocycles. The van der Waals surface area contributed by atoms with Crippen LogP contribution < -0.4 is 10.6 Å². The second-order valence-corrected chi connectivity index (χ2v) is 5.99. The van der Waals surface area contributed by atoms with Crippen molar-refractivity contribution in [1.29, 1.82) is 0 Å². The molecule has 2 aliphatic carbocycles. The van der Waals surface area contributed by atoms with Gasteiger partial charge in [0.15, 0.2) is 0 Å². The molecule has 2 rings (SSSR count). The molecule has 3 heteroatoms. The summed E-state index contributed by atoms with van der Waals surface area (Å²) in [5, 5.41) is 6.63. The van der Waals surface area contributed by atoms with Crippen LogP contribution in [-0.4, -0.2) is 24.5 Å². The molecule has 18 heavy (non-hydrogen) atoms. The molecule has 2 fully saturated rings. The third kappa shape index (κ3) is 3.98. The molecular weight excluding hydrogens is 224 g/mol. The van der Waals surface area contributed by atoms with E-state index < -0.39 is 0 Å². The van der Waals surface area contributed by atoms with Crippen LogP contribution in [0.1, 0.15) is 64.7 Å². The predicted octanol–water partition coefficient (Wildman–Crippen LogP) is 2.60. The van der Waals surface area contributed by atoms with Crippen LogP contribution in [0.25, 0.3) is 0 Å². The molecule has 3 nitrogen and oxygen atoms in total. The molecule has 0 aromatic heterocycles. The summed E-state index contributed by atoms with van der Waals surface area (Å²) >= 11 is 0. The van der Waals surface area contributed by atoms with Gasteiger partial charge in [0.25, 0.3) is 0 Å². The van der Waals surface area contributed by atoms with Gasteiger partial charge in [-0.1, -0.05) is 39.0 Å². The first-order valence-corrected chi connectivity index (χ1v) is 7.82. The fraction of sp³-hybridized carbons (Fsp3) is 0.933. The topological polar surface area (TPSA) is 41.1 Å². The SMILES string of the molecule is CCC1CCCCC1NC(=O)CNC1CCCC1. The number of hydrogen-bond donors (Lipinski definition) is 2. The Kier molecular flexibility index (Phi) is 5.48. The lowest BCUT2D eigenvalue weighted by Crippen LogP contribution is -2.46. The van der Waals surface area contributed by atoms with Gasteiger partial charge in [-0.25, -0.2) is 0 Å². The third-order valence-electron chi connectivity index (χ3n) is 4.69. The summed E-state index contributed by atoms with van der Waals surface area (Å²) in [7, 11) is 0. The maximum Gasteiger partial charge on any atom is 0.234 e. The normalized spacial score (nSPS) is 29.4. The summed E-state index contributed by atoms with van der Waals surface area (Å²) in [6.45, 7) is 2.75. The van der Waals surface area contributed by atoms with Gasteiger partial charge in [0, 0.05) is 12.1 Å². The van der Waals surface area contributed by atoms with E-state index in [4.69, 9.17) is 0 Å². The highest BCUT2D eigenvalue weighted by Gasteiger charge is 2.25. The molecule has 1 amide bonds. The van der Waals surface area contributed by atoms with Crippen molar-refractivity contribution in [2.24, 2.45) is 5.92 Å². The quantitative estimate of drug-likeness (QED) is 0.789. The van der Waals surface area contributed by atoms with Crippen LogP contribution in [0.2, 0.25) is 0 Å². The standard InChI is InChI=1S/C15H28N2O/c1-2-12-7-3-6-10-14(12)17-15(18)11-16-13-8-4-5-9-13/h12-14,16H,2-11H2,1H3,(H,17,18). The molecular formula is C15H28N2O. The minimum Gasteiger partial charge on any atom is -0.352 e. The fourth-order valence-corrected chi connectivity index (χ4v) is 3.51. The summed E-state index contributed by atoms with van der Waals surface area (Å²) in [6, 6.07) is 1.02. The first-order chi connectivity index (χ1) is 8.79. The molecule has 0 aromatic rings. The van der Waals surface area contributed by atoms with E-state index in [1.807, 2.05) is 0 Å². The zero-order valence-electron chi connectivity index (χ0n) is 11.7. The van der Waals surface area contributed by atoms with E-state index in [1.54, 1.807) is 0 Å². The summed E-state index contributed by atoms with van der Waals surface area (Å²) in [4.78, 5) is 12.0. The van der Waals surface area contributed by atoms with Gasteiger partial charge in [-0.15, -0.1) is 0 Å². The van der Waals surface area contributed by atoms with Crippen molar-refractivity contribution in [2.75, 3.05) is 6.54 Å². The minimum atomic E-state index is 0.201. The fourth-order valence-electron chi connectivity index (χ4n) is 3.51. The van der Waals surface area contributed by atoms with Gasteiger partial charge in [-0.2, -0.15) is 0 Å². The largest absolute Gasteiger partial charge is 0.352 e. The van der Waals surface area contributed by atoms with Crippen molar-refractivity contribution in [3.63, 3.8) is 0 Å². The highest BCUT2D eigenvalue weighted by Crippen LogP contribution is 2.26. The number of nitrogens with one attached hydrogen (secondary N) is 2. The van der Waals surface area contributed by atoms with E-state index in [2.05, 4.69) is 17.6 Å². The van der Waals surface area contributed by atoms with Crippen LogP contribution in [0, 0.1) is 5.92 Å². The molecule has 0 bridgehead atoms. The smallest absolute Gasteiger partial charge is 0.234 e. The maximum absolute atomic E-state index is 12.0. The van der Waals surface area contributed by atoms with E-state index in [9.17, 15) is 4.79 Å². The van der Waals surface area contributed by atoms with Crippen molar-refractivity contribution in [2.45, 2.75) is 76.8 Å². The Bertz CT molecular complexity index is 261. The highest BCUT2D eigenvalue weighted by atomic mass is 16.2. The van der Waals surface area contributed by atoms with Gasteiger partial charge in [-0.3, -0.25) is 4.79 Å². The van der Waals surface area contributed by atoms with Gasteiger partial charge in [0.05, 0.1) is 6.54 Å². The van der Waals surface area contributed by atoms with Crippen LogP contribution in [-0.2, 0) is 4.79 Å². The second-order valence-electron chi connectivity index (χ2n) is 5.99. The van der Waals surface area contributed by atoms with Crippen molar-refractivity contribution < 1.29 is 4.79 Å². The molecule has 2 saturated carbocycles. The van der Waals surface area contributed by atoms with Gasteiger partial charge >= 0.3 is 0 Å². The van der Waals surface area contributed by atoms with E-state index in [0.717, 1.165) is 0 Å². The Hall–Kier alpha value is -0.570. The van der Waals surface area contributed by atoms with E-state index >= 15 is 0 Å². The molecule has 0 spiro atoms. The van der Waals surface area contributed by atoms with E-state index in [0.29, 0.717) is 24.5 Å².